The summed E-state index contributed by atoms with van der Waals surface area (Å²) >= 11 is 0. The van der Waals surface area contributed by atoms with Gasteiger partial charge in [0.25, 0.3) is 0 Å². The first kappa shape index (κ1) is 13.5. The fourth-order valence-corrected chi connectivity index (χ4v) is 0.402. The summed E-state index contributed by atoms with van der Waals surface area (Å²) in [5.74, 6) is -0.333. The van der Waals surface area contributed by atoms with E-state index in [-0.39, 0.29) is 12.6 Å². The van der Waals surface area contributed by atoms with Crippen LogP contribution in [0.4, 0.5) is 0 Å². The molecule has 0 aliphatic rings. The normalized spacial score (nSPS) is 9.42. The van der Waals surface area contributed by atoms with Crippen LogP contribution >= 0.6 is 0 Å². The van der Waals surface area contributed by atoms with Gasteiger partial charge in [-0.05, 0) is 0 Å². The Kier molecular flexibility index (Phi) is 7.39. The van der Waals surface area contributed by atoms with Crippen molar-refractivity contribution in [1.82, 2.24) is 0 Å². The summed E-state index contributed by atoms with van der Waals surface area (Å²) in [7, 11) is -4.26. The summed E-state index contributed by atoms with van der Waals surface area (Å²) in [4.78, 5) is 0. The largest absolute Gasteiger partial charge is 0.397 e. The van der Waals surface area contributed by atoms with E-state index >= 15 is 0 Å². The van der Waals surface area contributed by atoms with Gasteiger partial charge in [0.1, 0.15) is 0 Å². The lowest BCUT2D eigenvalue weighted by Gasteiger charge is -1.90. The standard InChI is InChI=1S/C3H6O4S.CH5N3/c1-2-3-7-8(4,5)6;2-1(3)4/h2H,1,3H2,(H,4,5,6);(H5,2,3,4). The first-order chi connectivity index (χ1) is 5.29. The molecule has 0 fully saturated rings. The first-order valence-corrected chi connectivity index (χ1v) is 3.98. The molecule has 0 radical (unpaired) electrons. The van der Waals surface area contributed by atoms with Gasteiger partial charge in [-0.3, -0.25) is 9.96 Å². The zero-order valence-electron chi connectivity index (χ0n) is 6.23. The topological polar surface area (TPSA) is 139 Å². The minimum Gasteiger partial charge on any atom is -0.370 e. The number of hydrogen-bond acceptors (Lipinski definition) is 4. The zero-order chi connectivity index (χ0) is 10.2. The van der Waals surface area contributed by atoms with Gasteiger partial charge in [0, 0.05) is 0 Å². The molecule has 0 rings (SSSR count). The summed E-state index contributed by atoms with van der Waals surface area (Å²) < 4.78 is 31.0. The molecule has 0 unspecified atom stereocenters. The van der Waals surface area contributed by atoms with Crippen LogP contribution in [0.2, 0.25) is 0 Å². The smallest absolute Gasteiger partial charge is 0.370 e. The molecule has 7 nitrogen and oxygen atoms in total. The van der Waals surface area contributed by atoms with E-state index in [0.717, 1.165) is 0 Å². The molecule has 0 aromatic heterocycles. The number of nitrogens with two attached hydrogens (primary N) is 2. The van der Waals surface area contributed by atoms with E-state index in [9.17, 15) is 8.42 Å². The molecular formula is C4H11N3O4S. The molecule has 0 atom stereocenters. The highest BCUT2D eigenvalue weighted by Gasteiger charge is 1.99. The molecule has 0 aromatic rings. The Morgan fingerprint density at radius 3 is 2.08 bits per heavy atom. The Labute approximate surface area is 70.5 Å². The zero-order valence-corrected chi connectivity index (χ0v) is 7.04. The van der Waals surface area contributed by atoms with Crippen molar-refractivity contribution in [3.63, 3.8) is 0 Å². The Morgan fingerprint density at radius 1 is 1.67 bits per heavy atom. The van der Waals surface area contributed by atoms with Gasteiger partial charge < -0.3 is 11.5 Å². The van der Waals surface area contributed by atoms with Gasteiger partial charge in [-0.2, -0.15) is 8.42 Å². The third-order valence-corrected chi connectivity index (χ3v) is 0.769. The minimum atomic E-state index is -4.26. The molecule has 0 heterocycles. The molecule has 0 aromatic carbocycles. The summed E-state index contributed by atoms with van der Waals surface area (Å²) in [5.41, 5.74) is 8.94. The summed E-state index contributed by atoms with van der Waals surface area (Å²) in [6, 6.07) is 0. The SMILES string of the molecule is C=CCOS(=O)(=O)O.N=C(N)N. The maximum Gasteiger partial charge on any atom is 0.397 e. The molecule has 0 bridgehead atoms. The van der Waals surface area contributed by atoms with Crippen molar-refractivity contribution in [2.24, 2.45) is 11.5 Å². The molecular weight excluding hydrogens is 186 g/mol. The van der Waals surface area contributed by atoms with Crippen LogP contribution in [0.5, 0.6) is 0 Å². The Balaban J connectivity index is 0. The van der Waals surface area contributed by atoms with E-state index in [4.69, 9.17) is 9.96 Å². The van der Waals surface area contributed by atoms with Crippen molar-refractivity contribution in [2.45, 2.75) is 0 Å². The fraction of sp³-hybridized carbons (Fsp3) is 0.250. The van der Waals surface area contributed by atoms with Gasteiger partial charge >= 0.3 is 10.4 Å². The van der Waals surface area contributed by atoms with Crippen molar-refractivity contribution in [3.05, 3.63) is 12.7 Å². The second kappa shape index (κ2) is 6.58. The van der Waals surface area contributed by atoms with E-state index in [1.807, 2.05) is 0 Å². The first-order valence-electron chi connectivity index (χ1n) is 2.62. The molecule has 0 saturated heterocycles. The van der Waals surface area contributed by atoms with Crippen LogP contribution in [0.15, 0.2) is 12.7 Å². The second-order valence-corrected chi connectivity index (χ2v) is 2.55. The maximum atomic E-state index is 9.68. The van der Waals surface area contributed by atoms with Gasteiger partial charge in [0.05, 0.1) is 6.61 Å². The second-order valence-electron chi connectivity index (χ2n) is 1.46. The molecule has 6 N–H and O–H groups in total. The quantitative estimate of drug-likeness (QED) is 0.194. The van der Waals surface area contributed by atoms with Crippen LogP contribution in [-0.4, -0.2) is 25.5 Å². The van der Waals surface area contributed by atoms with Crippen LogP contribution < -0.4 is 11.5 Å². The summed E-state index contributed by atoms with van der Waals surface area (Å²) in [6.07, 6.45) is 1.22. The third kappa shape index (κ3) is 36.6. The average Bonchev–Trinajstić information content (AvgIpc) is 1.80. The van der Waals surface area contributed by atoms with Crippen LogP contribution in [-0.2, 0) is 14.6 Å². The molecule has 0 aliphatic carbocycles. The Bertz CT molecular complexity index is 231. The monoisotopic (exact) mass is 197 g/mol. The van der Waals surface area contributed by atoms with E-state index in [0.29, 0.717) is 0 Å². The highest BCUT2D eigenvalue weighted by Crippen LogP contribution is 1.83. The number of hydrogen-bond donors (Lipinski definition) is 4. The highest BCUT2D eigenvalue weighted by atomic mass is 32.3. The van der Waals surface area contributed by atoms with Crippen LogP contribution in [0.3, 0.4) is 0 Å². The number of rotatable bonds is 3. The van der Waals surface area contributed by atoms with Gasteiger partial charge in [-0.25, -0.2) is 4.18 Å². The van der Waals surface area contributed by atoms with Crippen LogP contribution in [0.25, 0.3) is 0 Å². The van der Waals surface area contributed by atoms with Gasteiger partial charge in [-0.15, -0.1) is 6.58 Å². The van der Waals surface area contributed by atoms with Crippen LogP contribution in [0.1, 0.15) is 0 Å². The molecule has 0 saturated carbocycles. The minimum absolute atomic E-state index is 0.196. The van der Waals surface area contributed by atoms with E-state index in [1.54, 1.807) is 0 Å². The van der Waals surface area contributed by atoms with E-state index in [1.165, 1.54) is 6.08 Å². The maximum absolute atomic E-state index is 9.68. The highest BCUT2D eigenvalue weighted by molar-refractivity contribution is 7.80. The summed E-state index contributed by atoms with van der Waals surface area (Å²) in [5, 5.41) is 6.06. The lowest BCUT2D eigenvalue weighted by molar-refractivity contribution is 0.296. The van der Waals surface area contributed by atoms with E-state index < -0.39 is 10.4 Å². The lowest BCUT2D eigenvalue weighted by atomic mass is 10.7. The third-order valence-electron chi connectivity index (χ3n) is 0.335. The summed E-state index contributed by atoms with van der Waals surface area (Å²) in [6.45, 7) is 2.97. The average molecular weight is 197 g/mol. The van der Waals surface area contributed by atoms with Crippen molar-refractivity contribution < 1.29 is 17.2 Å². The van der Waals surface area contributed by atoms with E-state index in [2.05, 4.69) is 22.2 Å². The van der Waals surface area contributed by atoms with Gasteiger partial charge in [0.15, 0.2) is 5.96 Å². The number of guanidine groups is 1. The fourth-order valence-electron chi connectivity index (χ4n) is 0.134. The van der Waals surface area contributed by atoms with Crippen molar-refractivity contribution in [1.29, 1.82) is 5.41 Å². The van der Waals surface area contributed by atoms with Crippen molar-refractivity contribution >= 4 is 16.4 Å². The van der Waals surface area contributed by atoms with Gasteiger partial charge in [-0.1, -0.05) is 6.08 Å². The molecule has 72 valence electrons. The predicted molar refractivity (Wildman–Crippen MR) is 43.8 cm³/mol. The predicted octanol–water partition coefficient (Wildman–Crippen LogP) is -1.17. The Hall–Kier alpha value is -1.12. The number of nitrogens with one attached hydrogen (secondary N) is 1. The Morgan fingerprint density at radius 2 is 2.00 bits per heavy atom. The molecule has 0 amide bonds. The van der Waals surface area contributed by atoms with Gasteiger partial charge in [0.2, 0.25) is 0 Å². The molecule has 0 spiro atoms. The molecule has 12 heavy (non-hydrogen) atoms. The molecule has 8 heteroatoms. The van der Waals surface area contributed by atoms with Crippen molar-refractivity contribution in [2.75, 3.05) is 6.61 Å². The molecule has 0 aliphatic heterocycles. The lowest BCUT2D eigenvalue weighted by Crippen LogP contribution is -2.20. The van der Waals surface area contributed by atoms with Crippen LogP contribution in [0, 0.1) is 5.41 Å². The van der Waals surface area contributed by atoms with Crippen molar-refractivity contribution in [3.8, 4) is 0 Å².